The van der Waals surface area contributed by atoms with Crippen molar-refractivity contribution in [3.05, 3.63) is 0 Å². The second kappa shape index (κ2) is 4.61. The molecule has 1 atom stereocenters. The summed E-state index contributed by atoms with van der Waals surface area (Å²) in [6.07, 6.45) is 2.78. The first kappa shape index (κ1) is 10.5. The minimum Gasteiger partial charge on any atom is -0.341 e. The van der Waals surface area contributed by atoms with Crippen LogP contribution in [0.4, 0.5) is 0 Å². The molecule has 0 spiro atoms. The minimum atomic E-state index is 0.199. The number of likely N-dealkylation sites (tertiary alicyclic amines) is 1. The maximum absolute atomic E-state index is 11.6. The zero-order valence-electron chi connectivity index (χ0n) is 8.62. The lowest BCUT2D eigenvalue weighted by molar-refractivity contribution is -0.133. The van der Waals surface area contributed by atoms with Gasteiger partial charge in [0.25, 0.3) is 0 Å². The van der Waals surface area contributed by atoms with Crippen molar-refractivity contribution in [2.75, 3.05) is 13.1 Å². The van der Waals surface area contributed by atoms with E-state index in [1.165, 1.54) is 0 Å². The molecule has 0 aliphatic carbocycles. The van der Waals surface area contributed by atoms with E-state index in [0.717, 1.165) is 25.9 Å². The van der Waals surface area contributed by atoms with E-state index >= 15 is 0 Å². The van der Waals surface area contributed by atoms with Crippen LogP contribution in [0.25, 0.3) is 0 Å². The Hall–Kier alpha value is -0.570. The number of nitrogens with two attached hydrogens (primary N) is 1. The Labute approximate surface area is 80.3 Å². The number of rotatable bonds is 2. The molecule has 0 aromatic rings. The fraction of sp³-hybridized carbons (Fsp3) is 0.900. The molecule has 0 radical (unpaired) electrons. The third-order valence-corrected chi connectivity index (χ3v) is 2.39. The van der Waals surface area contributed by atoms with E-state index < -0.39 is 0 Å². The van der Waals surface area contributed by atoms with Crippen molar-refractivity contribution in [2.24, 2.45) is 11.7 Å². The number of piperidine rings is 1. The summed E-state index contributed by atoms with van der Waals surface area (Å²) in [5, 5.41) is 0. The lowest BCUT2D eigenvalue weighted by atomic mass is 10.0. The van der Waals surface area contributed by atoms with Crippen LogP contribution in [0, 0.1) is 5.92 Å². The smallest absolute Gasteiger partial charge is 0.222 e. The summed E-state index contributed by atoms with van der Waals surface area (Å²) < 4.78 is 0. The normalized spacial score (nSPS) is 23.7. The summed E-state index contributed by atoms with van der Waals surface area (Å²) in [5.41, 5.74) is 5.80. The van der Waals surface area contributed by atoms with Crippen LogP contribution in [-0.2, 0) is 4.79 Å². The molecule has 0 aromatic heterocycles. The molecular formula is C10H20N2O. The van der Waals surface area contributed by atoms with Gasteiger partial charge in [0.15, 0.2) is 0 Å². The molecule has 1 rings (SSSR count). The van der Waals surface area contributed by atoms with E-state index in [9.17, 15) is 4.79 Å². The average molecular weight is 184 g/mol. The van der Waals surface area contributed by atoms with Gasteiger partial charge in [0, 0.05) is 25.6 Å². The standard InChI is InChI=1S/C10H20N2O/c1-8(2)6-10(13)12-5-3-4-9(11)7-12/h8-9H,3-7,11H2,1-2H3/t9-/m1/s1. The van der Waals surface area contributed by atoms with Gasteiger partial charge in [-0.3, -0.25) is 4.79 Å². The Kier molecular flexibility index (Phi) is 3.72. The first-order valence-electron chi connectivity index (χ1n) is 5.13. The van der Waals surface area contributed by atoms with E-state index in [4.69, 9.17) is 5.73 Å². The van der Waals surface area contributed by atoms with Crippen LogP contribution in [0.1, 0.15) is 33.1 Å². The second-order valence-corrected chi connectivity index (χ2v) is 4.34. The summed E-state index contributed by atoms with van der Waals surface area (Å²) in [7, 11) is 0. The van der Waals surface area contributed by atoms with Gasteiger partial charge >= 0.3 is 0 Å². The molecule has 0 unspecified atom stereocenters. The van der Waals surface area contributed by atoms with E-state index in [1.807, 2.05) is 4.90 Å². The second-order valence-electron chi connectivity index (χ2n) is 4.34. The highest BCUT2D eigenvalue weighted by atomic mass is 16.2. The Bertz CT molecular complexity index is 180. The van der Waals surface area contributed by atoms with Gasteiger partial charge in [0.05, 0.1) is 0 Å². The van der Waals surface area contributed by atoms with Crippen molar-refractivity contribution in [3.8, 4) is 0 Å². The highest BCUT2D eigenvalue weighted by molar-refractivity contribution is 5.76. The van der Waals surface area contributed by atoms with Gasteiger partial charge in [0.2, 0.25) is 5.91 Å². The van der Waals surface area contributed by atoms with Crippen LogP contribution >= 0.6 is 0 Å². The summed E-state index contributed by atoms with van der Waals surface area (Å²) in [5.74, 6) is 0.718. The first-order valence-corrected chi connectivity index (χ1v) is 5.13. The van der Waals surface area contributed by atoms with Gasteiger partial charge < -0.3 is 10.6 Å². The molecule has 2 N–H and O–H groups in total. The molecule has 0 saturated carbocycles. The maximum atomic E-state index is 11.6. The molecule has 1 aliphatic rings. The summed E-state index contributed by atoms with van der Waals surface area (Å²) in [4.78, 5) is 13.5. The number of amides is 1. The number of carbonyl (C=O) groups excluding carboxylic acids is 1. The molecule has 1 heterocycles. The van der Waals surface area contributed by atoms with Crippen LogP contribution in [0.2, 0.25) is 0 Å². The minimum absolute atomic E-state index is 0.199. The van der Waals surface area contributed by atoms with Gasteiger partial charge in [-0.15, -0.1) is 0 Å². The Balaban J connectivity index is 2.37. The predicted octanol–water partition coefficient (Wildman–Crippen LogP) is 0.982. The summed E-state index contributed by atoms with van der Waals surface area (Å²) in [6.45, 7) is 5.80. The Morgan fingerprint density at radius 2 is 2.31 bits per heavy atom. The molecule has 1 saturated heterocycles. The third kappa shape index (κ3) is 3.35. The van der Waals surface area contributed by atoms with Gasteiger partial charge in [-0.25, -0.2) is 0 Å². The SMILES string of the molecule is CC(C)CC(=O)N1CCC[C@@H](N)C1. The number of carbonyl (C=O) groups is 1. The molecule has 3 nitrogen and oxygen atoms in total. The van der Waals surface area contributed by atoms with Crippen molar-refractivity contribution < 1.29 is 4.79 Å². The van der Waals surface area contributed by atoms with Crippen LogP contribution < -0.4 is 5.73 Å². The van der Waals surface area contributed by atoms with Crippen molar-refractivity contribution in [1.29, 1.82) is 0 Å². The number of hydrogen-bond donors (Lipinski definition) is 1. The van der Waals surface area contributed by atoms with Crippen molar-refractivity contribution in [2.45, 2.75) is 39.2 Å². The fourth-order valence-electron chi connectivity index (χ4n) is 1.71. The zero-order valence-corrected chi connectivity index (χ0v) is 8.62. The van der Waals surface area contributed by atoms with Gasteiger partial charge in [-0.05, 0) is 18.8 Å². The van der Waals surface area contributed by atoms with Crippen LogP contribution in [0.5, 0.6) is 0 Å². The highest BCUT2D eigenvalue weighted by Crippen LogP contribution is 2.11. The quantitative estimate of drug-likeness (QED) is 0.695. The maximum Gasteiger partial charge on any atom is 0.222 e. The third-order valence-electron chi connectivity index (χ3n) is 2.39. The molecule has 3 heteroatoms. The first-order chi connectivity index (χ1) is 6.09. The lowest BCUT2D eigenvalue weighted by Gasteiger charge is -2.31. The van der Waals surface area contributed by atoms with Gasteiger partial charge in [-0.2, -0.15) is 0 Å². The number of nitrogens with zero attached hydrogens (tertiary/aromatic N) is 1. The van der Waals surface area contributed by atoms with E-state index in [2.05, 4.69) is 13.8 Å². The Morgan fingerprint density at radius 3 is 2.85 bits per heavy atom. The van der Waals surface area contributed by atoms with E-state index in [-0.39, 0.29) is 11.9 Å². The molecule has 13 heavy (non-hydrogen) atoms. The van der Waals surface area contributed by atoms with Gasteiger partial charge in [0.1, 0.15) is 0 Å². The van der Waals surface area contributed by atoms with E-state index in [0.29, 0.717) is 12.3 Å². The lowest BCUT2D eigenvalue weighted by Crippen LogP contribution is -2.45. The van der Waals surface area contributed by atoms with Crippen molar-refractivity contribution in [1.82, 2.24) is 4.90 Å². The van der Waals surface area contributed by atoms with Crippen molar-refractivity contribution >= 4 is 5.91 Å². The molecule has 76 valence electrons. The van der Waals surface area contributed by atoms with Crippen LogP contribution in [-0.4, -0.2) is 29.9 Å². The molecule has 0 bridgehead atoms. The predicted molar refractivity (Wildman–Crippen MR) is 53.2 cm³/mol. The molecule has 1 fully saturated rings. The van der Waals surface area contributed by atoms with Crippen LogP contribution in [0.3, 0.4) is 0 Å². The zero-order chi connectivity index (χ0) is 9.84. The fourth-order valence-corrected chi connectivity index (χ4v) is 1.71. The largest absolute Gasteiger partial charge is 0.341 e. The summed E-state index contributed by atoms with van der Waals surface area (Å²) in [6, 6.07) is 0.199. The highest BCUT2D eigenvalue weighted by Gasteiger charge is 2.21. The molecule has 1 aliphatic heterocycles. The van der Waals surface area contributed by atoms with Gasteiger partial charge in [-0.1, -0.05) is 13.8 Å². The van der Waals surface area contributed by atoms with Crippen LogP contribution in [0.15, 0.2) is 0 Å². The topological polar surface area (TPSA) is 46.3 Å². The monoisotopic (exact) mass is 184 g/mol. The molecular weight excluding hydrogens is 164 g/mol. The molecule has 0 aromatic carbocycles. The molecule has 1 amide bonds. The van der Waals surface area contributed by atoms with Crippen molar-refractivity contribution in [3.63, 3.8) is 0 Å². The number of hydrogen-bond acceptors (Lipinski definition) is 2. The summed E-state index contributed by atoms with van der Waals surface area (Å²) >= 11 is 0. The Morgan fingerprint density at radius 1 is 1.62 bits per heavy atom. The average Bonchev–Trinajstić information content (AvgIpc) is 2.03. The van der Waals surface area contributed by atoms with E-state index in [1.54, 1.807) is 0 Å².